The van der Waals surface area contributed by atoms with Gasteiger partial charge in [0.05, 0.1) is 23.8 Å². The van der Waals surface area contributed by atoms with E-state index in [2.05, 4.69) is 12.6 Å². The molecule has 1 unspecified atom stereocenters. The topological polar surface area (TPSA) is 33.0 Å². The first-order valence-electron chi connectivity index (χ1n) is 5.23. The molecule has 18 heavy (non-hydrogen) atoms. The predicted octanol–water partition coefficient (Wildman–Crippen LogP) is 3.52. The summed E-state index contributed by atoms with van der Waals surface area (Å²) in [5, 5.41) is 8.61. The van der Waals surface area contributed by atoms with Crippen molar-refractivity contribution >= 4 is 12.6 Å². The van der Waals surface area contributed by atoms with Gasteiger partial charge in [0.25, 0.3) is 0 Å². The largest absolute Gasteiger partial charge is 0.493 e. The van der Waals surface area contributed by atoms with Gasteiger partial charge in [-0.25, -0.2) is 0 Å². The number of hydrogen-bond donors (Lipinski definition) is 1. The van der Waals surface area contributed by atoms with Gasteiger partial charge in [-0.2, -0.15) is 31.1 Å². The summed E-state index contributed by atoms with van der Waals surface area (Å²) in [7, 11) is 0. The molecule has 0 saturated carbocycles. The van der Waals surface area contributed by atoms with Crippen LogP contribution in [0.5, 0.6) is 5.75 Å². The third-order valence-electron chi connectivity index (χ3n) is 2.25. The van der Waals surface area contributed by atoms with E-state index in [0.29, 0.717) is 5.75 Å². The van der Waals surface area contributed by atoms with Crippen LogP contribution in [0.4, 0.5) is 13.2 Å². The molecule has 0 saturated heterocycles. The minimum Gasteiger partial charge on any atom is -0.493 e. The Kier molecular flexibility index (Phi) is 4.91. The molecule has 98 valence electrons. The minimum absolute atomic E-state index is 0.0445. The normalized spacial score (nSPS) is 12.9. The van der Waals surface area contributed by atoms with Gasteiger partial charge in [-0.05, 0) is 29.9 Å². The van der Waals surface area contributed by atoms with Gasteiger partial charge in [0.15, 0.2) is 0 Å². The molecule has 1 aromatic rings. The van der Waals surface area contributed by atoms with Crippen LogP contribution in [0.3, 0.4) is 0 Å². The number of thiol groups is 1. The molecule has 6 heteroatoms. The van der Waals surface area contributed by atoms with Crippen molar-refractivity contribution in [1.82, 2.24) is 0 Å². The lowest BCUT2D eigenvalue weighted by atomic mass is 10.1. The molecule has 1 rings (SSSR count). The molecule has 0 aromatic heterocycles. The van der Waals surface area contributed by atoms with E-state index in [4.69, 9.17) is 10.00 Å². The Morgan fingerprint density at radius 2 is 2.11 bits per heavy atom. The zero-order valence-corrected chi connectivity index (χ0v) is 10.6. The van der Waals surface area contributed by atoms with Gasteiger partial charge in [-0.3, -0.25) is 0 Å². The molecule has 0 heterocycles. The second-order valence-electron chi connectivity index (χ2n) is 3.92. The van der Waals surface area contributed by atoms with Crippen molar-refractivity contribution in [2.45, 2.75) is 13.1 Å². The third kappa shape index (κ3) is 3.84. The second kappa shape index (κ2) is 6.01. The first-order chi connectivity index (χ1) is 8.38. The Bertz CT molecular complexity index is 454. The van der Waals surface area contributed by atoms with E-state index in [1.165, 1.54) is 12.1 Å². The number of nitrogens with zero attached hydrogens (tertiary/aromatic N) is 1. The van der Waals surface area contributed by atoms with Crippen LogP contribution in [-0.4, -0.2) is 12.4 Å². The average molecular weight is 275 g/mol. The van der Waals surface area contributed by atoms with Crippen molar-refractivity contribution in [3.63, 3.8) is 0 Å². The summed E-state index contributed by atoms with van der Waals surface area (Å²) in [6.45, 7) is 1.97. The standard InChI is InChI=1S/C12H12F3NOS/c1-8(7-18)6-17-11-3-2-9(5-16)4-10(11)12(13,14)15/h2-4,8,18H,6-7H2,1H3. The lowest BCUT2D eigenvalue weighted by Crippen LogP contribution is -2.14. The maximum Gasteiger partial charge on any atom is 0.420 e. The fourth-order valence-corrected chi connectivity index (χ4v) is 1.34. The Morgan fingerprint density at radius 1 is 1.44 bits per heavy atom. The first kappa shape index (κ1) is 14.7. The van der Waals surface area contributed by atoms with Crippen LogP contribution in [0.25, 0.3) is 0 Å². The van der Waals surface area contributed by atoms with E-state index in [0.717, 1.165) is 6.07 Å². The molecule has 1 atom stereocenters. The highest BCUT2D eigenvalue weighted by Gasteiger charge is 2.34. The zero-order chi connectivity index (χ0) is 13.8. The molecule has 0 aliphatic heterocycles. The zero-order valence-electron chi connectivity index (χ0n) is 9.66. The number of halogens is 3. The summed E-state index contributed by atoms with van der Waals surface area (Å²) < 4.78 is 43.4. The van der Waals surface area contributed by atoms with Crippen LogP contribution in [-0.2, 0) is 6.18 Å². The van der Waals surface area contributed by atoms with E-state index < -0.39 is 11.7 Å². The van der Waals surface area contributed by atoms with E-state index in [-0.39, 0.29) is 23.8 Å². The van der Waals surface area contributed by atoms with Crippen LogP contribution in [0, 0.1) is 17.2 Å². The van der Waals surface area contributed by atoms with E-state index >= 15 is 0 Å². The number of ether oxygens (including phenoxy) is 1. The monoisotopic (exact) mass is 275 g/mol. The Labute approximate surface area is 109 Å². The Morgan fingerprint density at radius 3 is 2.61 bits per heavy atom. The van der Waals surface area contributed by atoms with Crippen LogP contribution in [0.15, 0.2) is 18.2 Å². The number of hydrogen-bond acceptors (Lipinski definition) is 3. The summed E-state index contributed by atoms with van der Waals surface area (Å²) in [5.41, 5.74) is -0.968. The van der Waals surface area contributed by atoms with Crippen molar-refractivity contribution in [2.75, 3.05) is 12.4 Å². The summed E-state index contributed by atoms with van der Waals surface area (Å²) in [6.07, 6.45) is -4.54. The molecule has 2 nitrogen and oxygen atoms in total. The predicted molar refractivity (Wildman–Crippen MR) is 64.7 cm³/mol. The number of benzene rings is 1. The first-order valence-corrected chi connectivity index (χ1v) is 5.86. The lowest BCUT2D eigenvalue weighted by molar-refractivity contribution is -0.139. The van der Waals surface area contributed by atoms with Crippen molar-refractivity contribution in [3.05, 3.63) is 29.3 Å². The molecule has 0 aliphatic carbocycles. The molecule has 0 N–H and O–H groups in total. The van der Waals surface area contributed by atoms with E-state index in [9.17, 15) is 13.2 Å². The number of alkyl halides is 3. The van der Waals surface area contributed by atoms with Crippen LogP contribution >= 0.6 is 12.6 Å². The molecular formula is C12H12F3NOS. The molecule has 0 radical (unpaired) electrons. The highest BCUT2D eigenvalue weighted by molar-refractivity contribution is 7.80. The van der Waals surface area contributed by atoms with Crippen LogP contribution in [0.1, 0.15) is 18.1 Å². The molecule has 0 fully saturated rings. The summed E-state index contributed by atoms with van der Waals surface area (Å²) in [4.78, 5) is 0. The summed E-state index contributed by atoms with van der Waals surface area (Å²) >= 11 is 4.03. The van der Waals surface area contributed by atoms with Crippen LogP contribution < -0.4 is 4.74 Å². The van der Waals surface area contributed by atoms with Gasteiger partial charge in [0, 0.05) is 0 Å². The van der Waals surface area contributed by atoms with Gasteiger partial charge in [0.1, 0.15) is 5.75 Å². The number of rotatable bonds is 4. The van der Waals surface area contributed by atoms with Gasteiger partial charge in [0.2, 0.25) is 0 Å². The fourth-order valence-electron chi connectivity index (χ4n) is 1.23. The Balaban J connectivity index is 3.01. The van der Waals surface area contributed by atoms with Crippen molar-refractivity contribution < 1.29 is 17.9 Å². The SMILES string of the molecule is CC(CS)COc1ccc(C#N)cc1C(F)(F)F. The smallest absolute Gasteiger partial charge is 0.420 e. The second-order valence-corrected chi connectivity index (χ2v) is 4.28. The quantitative estimate of drug-likeness (QED) is 0.853. The lowest BCUT2D eigenvalue weighted by Gasteiger charge is -2.16. The minimum atomic E-state index is -4.54. The van der Waals surface area contributed by atoms with Crippen molar-refractivity contribution in [1.29, 1.82) is 5.26 Å². The molecule has 1 aromatic carbocycles. The van der Waals surface area contributed by atoms with Crippen molar-refractivity contribution in [3.8, 4) is 11.8 Å². The maximum atomic E-state index is 12.8. The van der Waals surface area contributed by atoms with Gasteiger partial charge in [-0.15, -0.1) is 0 Å². The molecule has 0 aliphatic rings. The third-order valence-corrected chi connectivity index (χ3v) is 2.87. The average Bonchev–Trinajstić information content (AvgIpc) is 2.34. The van der Waals surface area contributed by atoms with Gasteiger partial charge >= 0.3 is 6.18 Å². The highest BCUT2D eigenvalue weighted by atomic mass is 32.1. The van der Waals surface area contributed by atoms with Gasteiger partial charge < -0.3 is 4.74 Å². The molecule has 0 amide bonds. The number of nitriles is 1. The van der Waals surface area contributed by atoms with Gasteiger partial charge in [-0.1, -0.05) is 6.92 Å². The molecule has 0 bridgehead atoms. The van der Waals surface area contributed by atoms with Crippen molar-refractivity contribution in [2.24, 2.45) is 5.92 Å². The fraction of sp³-hybridized carbons (Fsp3) is 0.417. The molecular weight excluding hydrogens is 263 g/mol. The highest BCUT2D eigenvalue weighted by Crippen LogP contribution is 2.36. The maximum absolute atomic E-state index is 12.8. The molecule has 0 spiro atoms. The van der Waals surface area contributed by atoms with E-state index in [1.807, 2.05) is 6.92 Å². The summed E-state index contributed by atoms with van der Waals surface area (Å²) in [5.74, 6) is 0.317. The van der Waals surface area contributed by atoms with Crippen LogP contribution in [0.2, 0.25) is 0 Å². The summed E-state index contributed by atoms with van der Waals surface area (Å²) in [6, 6.07) is 4.94. The van der Waals surface area contributed by atoms with E-state index in [1.54, 1.807) is 6.07 Å². The Hall–Kier alpha value is -1.35.